The highest BCUT2D eigenvalue weighted by molar-refractivity contribution is 7.98. The molecule has 0 radical (unpaired) electrons. The van der Waals surface area contributed by atoms with Gasteiger partial charge < -0.3 is 15.5 Å². The van der Waals surface area contributed by atoms with Crippen LogP contribution in [-0.4, -0.2) is 40.0 Å². The number of amides is 1. The molecule has 0 aromatic carbocycles. The zero-order valence-electron chi connectivity index (χ0n) is 7.84. The monoisotopic (exact) mass is 242 g/mol. The topological polar surface area (TPSA) is 113 Å². The number of nitrogens with two attached hydrogens (primary N) is 1. The molecule has 0 aromatic heterocycles. The lowest BCUT2D eigenvalue weighted by Crippen LogP contribution is -2.42. The summed E-state index contributed by atoms with van der Waals surface area (Å²) >= 11 is 1.54. The fourth-order valence-electron chi connectivity index (χ4n) is 0.810. The van der Waals surface area contributed by atoms with Gasteiger partial charge in [-0.15, -0.1) is 0 Å². The average Bonchev–Trinajstić information content (AvgIpc) is 2.01. The van der Waals surface area contributed by atoms with Gasteiger partial charge in [-0.05, 0) is 18.4 Å². The first-order valence-corrected chi connectivity index (χ1v) is 7.12. The van der Waals surface area contributed by atoms with Crippen LogP contribution in [0.2, 0.25) is 0 Å². The molecule has 0 saturated carbocycles. The highest BCUT2D eigenvalue weighted by atomic mass is 32.2. The first-order valence-electron chi connectivity index (χ1n) is 3.93. The summed E-state index contributed by atoms with van der Waals surface area (Å²) in [5.74, 6) is 0.120. The molecule has 0 aliphatic rings. The normalized spacial score (nSPS) is 13.9. The van der Waals surface area contributed by atoms with Gasteiger partial charge in [-0.3, -0.25) is 14.7 Å². The fourth-order valence-corrected chi connectivity index (χ4v) is 1.74. The van der Waals surface area contributed by atoms with E-state index in [9.17, 15) is 9.36 Å². The molecule has 5 N–H and O–H groups in total. The molecule has 1 amide bonds. The van der Waals surface area contributed by atoms with Crippen LogP contribution in [0.5, 0.6) is 0 Å². The third kappa shape index (κ3) is 7.34. The largest absolute Gasteiger partial charge is 0.368 e. The Labute approximate surface area is 86.8 Å². The predicted octanol–water partition coefficient (Wildman–Crippen LogP) is -0.682. The van der Waals surface area contributed by atoms with Crippen LogP contribution < -0.4 is 11.1 Å². The van der Waals surface area contributed by atoms with Crippen molar-refractivity contribution >= 4 is 25.3 Å². The van der Waals surface area contributed by atoms with Gasteiger partial charge in [0.1, 0.15) is 0 Å². The van der Waals surface area contributed by atoms with Crippen LogP contribution in [-0.2, 0) is 9.36 Å². The highest BCUT2D eigenvalue weighted by Crippen LogP contribution is 2.32. The van der Waals surface area contributed by atoms with Crippen molar-refractivity contribution in [2.45, 2.75) is 12.5 Å². The van der Waals surface area contributed by atoms with Crippen LogP contribution in [0.1, 0.15) is 6.42 Å². The second-order valence-corrected chi connectivity index (χ2v) is 5.39. The Morgan fingerprint density at radius 2 is 2.21 bits per heavy atom. The molecule has 0 aliphatic carbocycles. The summed E-state index contributed by atoms with van der Waals surface area (Å²) in [6.45, 7) is 0. The van der Waals surface area contributed by atoms with E-state index in [1.54, 1.807) is 0 Å². The molecule has 1 atom stereocenters. The van der Waals surface area contributed by atoms with Crippen molar-refractivity contribution in [1.82, 2.24) is 5.32 Å². The minimum atomic E-state index is -4.12. The summed E-state index contributed by atoms with van der Waals surface area (Å²) in [5, 5.41) is 2.44. The van der Waals surface area contributed by atoms with E-state index in [1.165, 1.54) is 11.8 Å². The molecule has 0 unspecified atom stereocenters. The van der Waals surface area contributed by atoms with Gasteiger partial charge in [0, 0.05) is 0 Å². The third-order valence-corrected chi connectivity index (χ3v) is 2.74. The summed E-state index contributed by atoms with van der Waals surface area (Å²) in [6.07, 6.45) is 1.83. The molecule has 8 heteroatoms. The van der Waals surface area contributed by atoms with Gasteiger partial charge in [0.2, 0.25) is 5.91 Å². The van der Waals surface area contributed by atoms with Crippen molar-refractivity contribution in [2.24, 2.45) is 5.73 Å². The standard InChI is InChI=1S/C6H15N2O4PS/c1-14-3-2-5(6(7)9)8-4-13(10,11)12/h5,8H,2-4H2,1H3,(H2,7,9)(H2,10,11,12)/t5-/m0/s1. The molecule has 0 fully saturated rings. The van der Waals surface area contributed by atoms with Gasteiger partial charge in [-0.1, -0.05) is 0 Å². The van der Waals surface area contributed by atoms with Crippen LogP contribution >= 0.6 is 19.4 Å². The molecule has 0 aliphatic heterocycles. The maximum Gasteiger partial charge on any atom is 0.339 e. The summed E-state index contributed by atoms with van der Waals surface area (Å²) < 4.78 is 10.5. The minimum absolute atomic E-state index is 0.469. The van der Waals surface area contributed by atoms with E-state index in [-0.39, 0.29) is 0 Å². The van der Waals surface area contributed by atoms with E-state index in [2.05, 4.69) is 5.32 Å². The summed E-state index contributed by atoms with van der Waals surface area (Å²) in [4.78, 5) is 27.9. The van der Waals surface area contributed by atoms with Crippen molar-refractivity contribution in [1.29, 1.82) is 0 Å². The number of thioether (sulfide) groups is 1. The van der Waals surface area contributed by atoms with Crippen LogP contribution in [0, 0.1) is 0 Å². The lowest BCUT2D eigenvalue weighted by atomic mass is 10.2. The molecule has 0 saturated heterocycles. The first-order chi connectivity index (χ1) is 6.37. The van der Waals surface area contributed by atoms with E-state index in [1.807, 2.05) is 6.26 Å². The molecule has 0 aromatic rings. The number of rotatable bonds is 7. The summed E-state index contributed by atoms with van der Waals surface area (Å²) in [6, 6.07) is -0.671. The van der Waals surface area contributed by atoms with E-state index < -0.39 is 25.8 Å². The zero-order chi connectivity index (χ0) is 11.2. The number of hydrogen-bond donors (Lipinski definition) is 4. The van der Waals surface area contributed by atoms with Gasteiger partial charge in [0.15, 0.2) is 0 Å². The van der Waals surface area contributed by atoms with E-state index >= 15 is 0 Å². The van der Waals surface area contributed by atoms with Crippen LogP contribution in [0.15, 0.2) is 0 Å². The van der Waals surface area contributed by atoms with Gasteiger partial charge >= 0.3 is 7.60 Å². The second kappa shape index (κ2) is 6.42. The van der Waals surface area contributed by atoms with Crippen molar-refractivity contribution in [3.05, 3.63) is 0 Å². The molecule has 6 nitrogen and oxygen atoms in total. The Kier molecular flexibility index (Phi) is 6.39. The Morgan fingerprint density at radius 1 is 1.64 bits per heavy atom. The zero-order valence-corrected chi connectivity index (χ0v) is 9.55. The second-order valence-electron chi connectivity index (χ2n) is 2.76. The van der Waals surface area contributed by atoms with Crippen molar-refractivity contribution < 1.29 is 19.1 Å². The van der Waals surface area contributed by atoms with Crippen molar-refractivity contribution in [2.75, 3.05) is 18.3 Å². The van der Waals surface area contributed by atoms with Gasteiger partial charge in [0.25, 0.3) is 0 Å². The number of carbonyl (C=O) groups is 1. The maximum absolute atomic E-state index is 10.8. The number of carbonyl (C=O) groups excluding carboxylic acids is 1. The molecular weight excluding hydrogens is 227 g/mol. The van der Waals surface area contributed by atoms with Crippen molar-refractivity contribution in [3.8, 4) is 0 Å². The maximum atomic E-state index is 10.8. The van der Waals surface area contributed by atoms with Crippen molar-refractivity contribution in [3.63, 3.8) is 0 Å². The number of hydrogen-bond acceptors (Lipinski definition) is 4. The van der Waals surface area contributed by atoms with E-state index in [4.69, 9.17) is 15.5 Å². The molecule has 0 spiro atoms. The first kappa shape index (κ1) is 13.9. The number of primary amides is 1. The fraction of sp³-hybridized carbons (Fsp3) is 0.833. The Balaban J connectivity index is 3.98. The molecule has 0 bridgehead atoms. The smallest absolute Gasteiger partial charge is 0.339 e. The van der Waals surface area contributed by atoms with Gasteiger partial charge in [0.05, 0.1) is 12.3 Å². The third-order valence-electron chi connectivity index (χ3n) is 1.50. The lowest BCUT2D eigenvalue weighted by molar-refractivity contribution is -0.119. The van der Waals surface area contributed by atoms with Crippen LogP contribution in [0.4, 0.5) is 0 Å². The molecule has 14 heavy (non-hydrogen) atoms. The van der Waals surface area contributed by atoms with E-state index in [0.29, 0.717) is 12.2 Å². The van der Waals surface area contributed by atoms with E-state index in [0.717, 1.165) is 0 Å². The molecular formula is C6H15N2O4PS. The minimum Gasteiger partial charge on any atom is -0.368 e. The van der Waals surface area contributed by atoms with Crippen LogP contribution in [0.25, 0.3) is 0 Å². The summed E-state index contributed by atoms with van der Waals surface area (Å²) in [5.41, 5.74) is 5.04. The highest BCUT2D eigenvalue weighted by Gasteiger charge is 2.19. The summed E-state index contributed by atoms with van der Waals surface area (Å²) in [7, 11) is -4.12. The predicted molar refractivity (Wildman–Crippen MR) is 56.0 cm³/mol. The lowest BCUT2D eigenvalue weighted by Gasteiger charge is -2.14. The quantitative estimate of drug-likeness (QED) is 0.440. The number of nitrogens with one attached hydrogen (secondary N) is 1. The van der Waals surface area contributed by atoms with Gasteiger partial charge in [-0.25, -0.2) is 0 Å². The van der Waals surface area contributed by atoms with Gasteiger partial charge in [-0.2, -0.15) is 11.8 Å². The molecule has 0 heterocycles. The SMILES string of the molecule is CSCC[C@H](NCP(=O)(O)O)C(N)=O. The average molecular weight is 242 g/mol. The Hall–Kier alpha value is -0.0700. The van der Waals surface area contributed by atoms with Crippen LogP contribution in [0.3, 0.4) is 0 Å². The Morgan fingerprint density at radius 3 is 2.57 bits per heavy atom. The molecule has 84 valence electrons. The Bertz CT molecular complexity index is 232. The molecule has 0 rings (SSSR count).